The summed E-state index contributed by atoms with van der Waals surface area (Å²) in [7, 11) is -3.95. The minimum atomic E-state index is -3.95. The Morgan fingerprint density at radius 2 is 1.79 bits per heavy atom. The third kappa shape index (κ3) is 4.67. The Hall–Kier alpha value is -2.48. The lowest BCUT2D eigenvalue weighted by Gasteiger charge is -2.17. The quantitative estimate of drug-likeness (QED) is 0.524. The van der Waals surface area contributed by atoms with Gasteiger partial charge in [0.2, 0.25) is 0 Å². The second-order valence-corrected chi connectivity index (χ2v) is 8.39. The molecule has 0 saturated carbocycles. The van der Waals surface area contributed by atoms with Crippen molar-refractivity contribution in [3.8, 4) is 0 Å². The van der Waals surface area contributed by atoms with E-state index in [1.165, 1.54) is 24.3 Å². The average Bonchev–Trinajstić information content (AvgIpc) is 2.68. The van der Waals surface area contributed by atoms with E-state index in [9.17, 15) is 12.8 Å². The van der Waals surface area contributed by atoms with Gasteiger partial charge in [-0.1, -0.05) is 36.4 Å². The second kappa shape index (κ2) is 8.68. The Morgan fingerprint density at radius 1 is 1.04 bits per heavy atom. The molecule has 0 aliphatic heterocycles. The molecule has 0 amide bonds. The third-order valence-electron chi connectivity index (χ3n) is 3.96. The molecule has 2 aromatic carbocycles. The number of hydrogen-bond acceptors (Lipinski definition) is 4. The number of anilines is 1. The van der Waals surface area contributed by atoms with Crippen LogP contribution in [0.4, 0.5) is 10.2 Å². The van der Waals surface area contributed by atoms with Gasteiger partial charge in [0, 0.05) is 11.8 Å². The van der Waals surface area contributed by atoms with Crippen LogP contribution < -0.4 is 3.82 Å². The van der Waals surface area contributed by atoms with Crippen molar-refractivity contribution in [3.05, 3.63) is 89.4 Å². The van der Waals surface area contributed by atoms with E-state index < -0.39 is 10.0 Å². The van der Waals surface area contributed by atoms with E-state index in [0.29, 0.717) is 20.6 Å². The molecule has 0 bridgehead atoms. The van der Waals surface area contributed by atoms with Crippen LogP contribution in [0.3, 0.4) is 0 Å². The Kier molecular flexibility index (Phi) is 6.28. The van der Waals surface area contributed by atoms with Gasteiger partial charge in [0.05, 0.1) is 23.8 Å². The lowest BCUT2D eigenvalue weighted by atomic mass is 10.2. The van der Waals surface area contributed by atoms with E-state index in [1.54, 1.807) is 49.4 Å². The van der Waals surface area contributed by atoms with Crippen LogP contribution in [-0.2, 0) is 28.0 Å². The summed E-state index contributed by atoms with van der Waals surface area (Å²) in [4.78, 5) is 4.37. The molecule has 0 aliphatic carbocycles. The molecule has 0 spiro atoms. The summed E-state index contributed by atoms with van der Waals surface area (Å²) in [6.45, 7) is 2.02. The second-order valence-electron chi connectivity index (χ2n) is 6.10. The van der Waals surface area contributed by atoms with Crippen LogP contribution in [0.25, 0.3) is 0 Å². The van der Waals surface area contributed by atoms with Gasteiger partial charge in [-0.3, -0.25) is 0 Å². The molecule has 3 rings (SSSR count). The summed E-state index contributed by atoms with van der Waals surface area (Å²) in [5.41, 5.74) is 1.78. The molecule has 1 aromatic heterocycles. The molecule has 1 heterocycles. The number of pyridine rings is 1. The van der Waals surface area contributed by atoms with Crippen LogP contribution in [0.5, 0.6) is 0 Å². The highest BCUT2D eigenvalue weighted by molar-refractivity contribution is 7.94. The molecule has 0 unspecified atom stereocenters. The molecule has 0 saturated heterocycles. The van der Waals surface area contributed by atoms with E-state index in [1.807, 2.05) is 0 Å². The van der Waals surface area contributed by atoms with E-state index in [0.717, 1.165) is 0 Å². The van der Waals surface area contributed by atoms with Gasteiger partial charge >= 0.3 is 0 Å². The van der Waals surface area contributed by atoms with Gasteiger partial charge in [0.15, 0.2) is 5.82 Å². The first-order valence-corrected chi connectivity index (χ1v) is 10.2. The predicted molar refractivity (Wildman–Crippen MR) is 106 cm³/mol. The van der Waals surface area contributed by atoms with E-state index in [-0.39, 0.29) is 29.7 Å². The lowest BCUT2D eigenvalue weighted by molar-refractivity contribution is 0.104. The van der Waals surface area contributed by atoms with Gasteiger partial charge in [0.25, 0.3) is 10.0 Å². The van der Waals surface area contributed by atoms with Gasteiger partial charge < -0.3 is 4.74 Å². The molecule has 28 heavy (non-hydrogen) atoms. The van der Waals surface area contributed by atoms with Gasteiger partial charge in [-0.25, -0.2) is 9.37 Å². The number of aromatic nitrogens is 1. The minimum Gasteiger partial charge on any atom is -0.370 e. The summed E-state index contributed by atoms with van der Waals surface area (Å²) in [5.74, 6) is -0.266. The summed E-state index contributed by atoms with van der Waals surface area (Å²) < 4.78 is 44.9. The van der Waals surface area contributed by atoms with Crippen molar-refractivity contribution in [2.75, 3.05) is 3.82 Å². The van der Waals surface area contributed by atoms with Crippen molar-refractivity contribution in [3.63, 3.8) is 0 Å². The Bertz CT molecular complexity index is 1080. The van der Waals surface area contributed by atoms with Crippen LogP contribution in [-0.4, -0.2) is 13.4 Å². The number of rotatable bonds is 7. The van der Waals surface area contributed by atoms with Crippen LogP contribution >= 0.6 is 11.8 Å². The Morgan fingerprint density at radius 3 is 2.54 bits per heavy atom. The molecule has 0 N–H and O–H groups in total. The maximum Gasteiger partial charge on any atom is 0.279 e. The van der Waals surface area contributed by atoms with Gasteiger partial charge in [-0.05, 0) is 48.4 Å². The number of aryl methyl sites for hydroxylation is 1. The fourth-order valence-corrected chi connectivity index (χ4v) is 4.16. The highest BCUT2D eigenvalue weighted by atomic mass is 35.5. The molecule has 146 valence electrons. The van der Waals surface area contributed by atoms with Crippen molar-refractivity contribution in [1.82, 2.24) is 4.98 Å². The normalized spacial score (nSPS) is 11.4. The van der Waals surface area contributed by atoms with Crippen molar-refractivity contribution in [1.29, 1.82) is 0 Å². The average molecular weight is 421 g/mol. The van der Waals surface area contributed by atoms with E-state index in [2.05, 4.69) is 4.98 Å². The zero-order chi connectivity index (χ0) is 20.1. The molecule has 3 aromatic rings. The Labute approximate surface area is 168 Å². The zero-order valence-electron chi connectivity index (χ0n) is 15.0. The third-order valence-corrected chi connectivity index (χ3v) is 6.30. The first-order chi connectivity index (χ1) is 13.4. The van der Waals surface area contributed by atoms with Gasteiger partial charge in [-0.15, -0.1) is 0 Å². The maximum atomic E-state index is 13.2. The fraction of sp³-hybridized carbons (Fsp3) is 0.150. The van der Waals surface area contributed by atoms with Crippen LogP contribution in [0, 0.1) is 12.7 Å². The highest BCUT2D eigenvalue weighted by Crippen LogP contribution is 2.26. The van der Waals surface area contributed by atoms with E-state index >= 15 is 0 Å². The summed E-state index contributed by atoms with van der Waals surface area (Å²) in [5, 5.41) is 0. The van der Waals surface area contributed by atoms with E-state index in [4.69, 9.17) is 16.5 Å². The SMILES string of the molecule is Cc1ccccc1S(=O)(=O)N(Cl)c1cccc(COCc2cccc(F)c2)n1. The number of halogens is 2. The smallest absolute Gasteiger partial charge is 0.279 e. The zero-order valence-corrected chi connectivity index (χ0v) is 16.6. The van der Waals surface area contributed by atoms with Crippen molar-refractivity contribution in [2.45, 2.75) is 25.0 Å². The van der Waals surface area contributed by atoms with Crippen molar-refractivity contribution < 1.29 is 17.5 Å². The number of ether oxygens (including phenoxy) is 1. The van der Waals surface area contributed by atoms with Gasteiger partial charge in [0.1, 0.15) is 5.82 Å². The summed E-state index contributed by atoms with van der Waals surface area (Å²) in [6, 6.07) is 17.5. The van der Waals surface area contributed by atoms with Crippen LogP contribution in [0.1, 0.15) is 16.8 Å². The van der Waals surface area contributed by atoms with Crippen LogP contribution in [0.2, 0.25) is 0 Å². The largest absolute Gasteiger partial charge is 0.370 e. The summed E-state index contributed by atoms with van der Waals surface area (Å²) >= 11 is 6.12. The molecule has 5 nitrogen and oxygen atoms in total. The predicted octanol–water partition coefficient (Wildman–Crippen LogP) is 4.60. The standard InChI is InChI=1S/C20H18ClFN2O3S/c1-15-6-2-3-10-19(15)28(25,26)24(21)20-11-5-9-18(23-20)14-27-13-16-7-4-8-17(22)12-16/h2-12H,13-14H2,1H3. The van der Waals surface area contributed by atoms with Crippen molar-refractivity contribution >= 4 is 27.6 Å². The first kappa shape index (κ1) is 20.3. The van der Waals surface area contributed by atoms with Crippen LogP contribution in [0.15, 0.2) is 71.6 Å². The molecule has 0 radical (unpaired) electrons. The molecular weight excluding hydrogens is 403 g/mol. The highest BCUT2D eigenvalue weighted by Gasteiger charge is 2.26. The molecule has 0 atom stereocenters. The van der Waals surface area contributed by atoms with Gasteiger partial charge in [-0.2, -0.15) is 12.2 Å². The number of nitrogens with zero attached hydrogens (tertiary/aromatic N) is 2. The number of sulfonamides is 1. The Balaban J connectivity index is 1.72. The maximum absolute atomic E-state index is 13.2. The summed E-state index contributed by atoms with van der Waals surface area (Å²) in [6.07, 6.45) is 0. The number of hydrogen-bond donors (Lipinski definition) is 0. The molecule has 0 aliphatic rings. The first-order valence-electron chi connectivity index (χ1n) is 8.43. The minimum absolute atomic E-state index is 0.0665. The molecule has 0 fully saturated rings. The molecular formula is C20H18ClFN2O3S. The number of benzene rings is 2. The molecule has 8 heteroatoms. The monoisotopic (exact) mass is 420 g/mol. The topological polar surface area (TPSA) is 59.5 Å². The van der Waals surface area contributed by atoms with Crippen molar-refractivity contribution in [2.24, 2.45) is 0 Å². The lowest BCUT2D eigenvalue weighted by Crippen LogP contribution is -2.23. The fourth-order valence-electron chi connectivity index (χ4n) is 2.60.